The number of carbonyl (C=O) groups excluding carboxylic acids is 1. The van der Waals surface area contributed by atoms with Crippen LogP contribution in [0.5, 0.6) is 0 Å². The fourth-order valence-corrected chi connectivity index (χ4v) is 3.99. The Kier molecular flexibility index (Phi) is 5.40. The van der Waals surface area contributed by atoms with Crippen molar-refractivity contribution in [3.63, 3.8) is 0 Å². The normalized spacial score (nSPS) is 15.6. The van der Waals surface area contributed by atoms with Gasteiger partial charge in [-0.15, -0.1) is 0 Å². The monoisotopic (exact) mass is 440 g/mol. The molecule has 0 fully saturated rings. The average Bonchev–Trinajstić information content (AvgIpc) is 3.50. The summed E-state index contributed by atoms with van der Waals surface area (Å²) in [6.45, 7) is 0. The standard InChI is InChI=1S/C25H20N4O4/c30-24(12-13-25(31)32)29-23(19-10-11-20-22(14-19)28-33-27-20)15-21(26-29)18-8-6-17(7-9-18)16-4-2-1-3-5-16/h1-11,14,23H,12-13,15H2,(H,31,32). The lowest BCUT2D eigenvalue weighted by molar-refractivity contribution is -0.141. The maximum absolute atomic E-state index is 12.9. The van der Waals surface area contributed by atoms with Gasteiger partial charge in [0.1, 0.15) is 11.0 Å². The minimum Gasteiger partial charge on any atom is -0.481 e. The summed E-state index contributed by atoms with van der Waals surface area (Å²) in [4.78, 5) is 23.9. The number of hydrogen-bond donors (Lipinski definition) is 1. The molecule has 0 bridgehead atoms. The van der Waals surface area contributed by atoms with Crippen LogP contribution in [-0.2, 0) is 9.59 Å². The zero-order chi connectivity index (χ0) is 22.8. The molecule has 1 atom stereocenters. The molecule has 33 heavy (non-hydrogen) atoms. The first-order valence-electron chi connectivity index (χ1n) is 10.6. The van der Waals surface area contributed by atoms with Crippen LogP contribution in [-0.4, -0.2) is 38.0 Å². The molecule has 1 unspecified atom stereocenters. The van der Waals surface area contributed by atoms with Gasteiger partial charge in [-0.1, -0.05) is 60.7 Å². The fourth-order valence-electron chi connectivity index (χ4n) is 3.99. The molecule has 5 rings (SSSR count). The molecule has 164 valence electrons. The van der Waals surface area contributed by atoms with E-state index in [0.29, 0.717) is 17.5 Å². The molecular weight excluding hydrogens is 420 g/mol. The lowest BCUT2D eigenvalue weighted by atomic mass is 9.96. The van der Waals surface area contributed by atoms with Crippen molar-refractivity contribution in [1.29, 1.82) is 0 Å². The maximum atomic E-state index is 12.9. The Bertz CT molecular complexity index is 1350. The van der Waals surface area contributed by atoms with Crippen LogP contribution in [0.15, 0.2) is 82.5 Å². The largest absolute Gasteiger partial charge is 0.481 e. The molecule has 3 aromatic carbocycles. The van der Waals surface area contributed by atoms with Crippen molar-refractivity contribution in [3.05, 3.63) is 83.9 Å². The van der Waals surface area contributed by atoms with Crippen LogP contribution < -0.4 is 0 Å². The Morgan fingerprint density at radius 3 is 2.33 bits per heavy atom. The number of aromatic nitrogens is 2. The molecular formula is C25H20N4O4. The van der Waals surface area contributed by atoms with Crippen molar-refractivity contribution in [3.8, 4) is 11.1 Å². The zero-order valence-electron chi connectivity index (χ0n) is 17.6. The first kappa shape index (κ1) is 20.6. The van der Waals surface area contributed by atoms with E-state index in [1.54, 1.807) is 6.07 Å². The van der Waals surface area contributed by atoms with E-state index >= 15 is 0 Å². The number of carbonyl (C=O) groups is 2. The summed E-state index contributed by atoms with van der Waals surface area (Å²) in [5, 5.41) is 22.7. The van der Waals surface area contributed by atoms with Gasteiger partial charge in [0.2, 0.25) is 5.91 Å². The van der Waals surface area contributed by atoms with Crippen molar-refractivity contribution in [1.82, 2.24) is 15.3 Å². The van der Waals surface area contributed by atoms with Gasteiger partial charge in [-0.3, -0.25) is 9.59 Å². The number of amides is 1. The number of rotatable bonds is 6. The first-order valence-corrected chi connectivity index (χ1v) is 10.6. The van der Waals surface area contributed by atoms with Crippen molar-refractivity contribution in [2.75, 3.05) is 0 Å². The van der Waals surface area contributed by atoms with Crippen LogP contribution in [0, 0.1) is 0 Å². The van der Waals surface area contributed by atoms with Gasteiger partial charge in [-0.25, -0.2) is 9.64 Å². The van der Waals surface area contributed by atoms with Crippen LogP contribution >= 0.6 is 0 Å². The van der Waals surface area contributed by atoms with E-state index in [2.05, 4.69) is 27.5 Å². The summed E-state index contributed by atoms with van der Waals surface area (Å²) in [5.41, 5.74) is 5.94. The molecule has 1 aromatic heterocycles. The van der Waals surface area contributed by atoms with E-state index in [1.807, 2.05) is 54.6 Å². The Morgan fingerprint density at radius 1 is 0.879 bits per heavy atom. The van der Waals surface area contributed by atoms with Gasteiger partial charge < -0.3 is 5.11 Å². The molecule has 0 saturated heterocycles. The Labute approximate surface area is 189 Å². The quantitative estimate of drug-likeness (QED) is 0.475. The van der Waals surface area contributed by atoms with Crippen molar-refractivity contribution < 1.29 is 19.3 Å². The molecule has 0 aliphatic carbocycles. The van der Waals surface area contributed by atoms with Crippen molar-refractivity contribution >= 4 is 28.6 Å². The average molecular weight is 440 g/mol. The van der Waals surface area contributed by atoms with Crippen molar-refractivity contribution in [2.45, 2.75) is 25.3 Å². The highest BCUT2D eigenvalue weighted by molar-refractivity contribution is 6.03. The molecule has 1 amide bonds. The van der Waals surface area contributed by atoms with Crippen LogP contribution in [0.1, 0.15) is 36.4 Å². The van der Waals surface area contributed by atoms with Gasteiger partial charge in [-0.05, 0) is 44.7 Å². The van der Waals surface area contributed by atoms with Crippen LogP contribution in [0.3, 0.4) is 0 Å². The highest BCUT2D eigenvalue weighted by Crippen LogP contribution is 2.35. The van der Waals surface area contributed by atoms with E-state index in [4.69, 9.17) is 9.74 Å². The van der Waals surface area contributed by atoms with E-state index in [-0.39, 0.29) is 24.8 Å². The number of fused-ring (bicyclic) bond motifs is 1. The summed E-state index contributed by atoms with van der Waals surface area (Å²) >= 11 is 0. The summed E-state index contributed by atoms with van der Waals surface area (Å²) in [7, 11) is 0. The number of nitrogens with zero attached hydrogens (tertiary/aromatic N) is 4. The maximum Gasteiger partial charge on any atom is 0.303 e. The molecule has 4 aromatic rings. The third kappa shape index (κ3) is 4.23. The lowest BCUT2D eigenvalue weighted by Crippen LogP contribution is -2.27. The molecule has 1 aliphatic rings. The van der Waals surface area contributed by atoms with E-state index < -0.39 is 5.97 Å². The predicted octanol–water partition coefficient (Wildman–Crippen LogP) is 4.43. The van der Waals surface area contributed by atoms with Crippen LogP contribution in [0.25, 0.3) is 22.2 Å². The minimum absolute atomic E-state index is 0.122. The third-order valence-corrected chi connectivity index (χ3v) is 5.71. The number of hydrogen-bond acceptors (Lipinski definition) is 6. The number of aliphatic carboxylic acids is 1. The summed E-state index contributed by atoms with van der Waals surface area (Å²) in [6.07, 6.45) is 0.133. The number of benzene rings is 3. The number of carboxylic acids is 1. The van der Waals surface area contributed by atoms with Gasteiger partial charge in [0.15, 0.2) is 0 Å². The Morgan fingerprint density at radius 2 is 1.58 bits per heavy atom. The molecule has 8 nitrogen and oxygen atoms in total. The van der Waals surface area contributed by atoms with Crippen molar-refractivity contribution in [2.24, 2.45) is 5.10 Å². The van der Waals surface area contributed by atoms with Gasteiger partial charge in [-0.2, -0.15) is 5.10 Å². The van der Waals surface area contributed by atoms with Gasteiger partial charge in [0.25, 0.3) is 0 Å². The van der Waals surface area contributed by atoms with Gasteiger partial charge in [0.05, 0.1) is 18.2 Å². The Hall–Kier alpha value is -4.33. The summed E-state index contributed by atoms with van der Waals surface area (Å²) in [6, 6.07) is 23.2. The number of hydrazone groups is 1. The van der Waals surface area contributed by atoms with E-state index in [1.165, 1.54) is 5.01 Å². The molecule has 0 radical (unpaired) electrons. The molecule has 0 spiro atoms. The SMILES string of the molecule is O=C(O)CCC(=O)N1N=C(c2ccc(-c3ccccc3)cc2)CC1c1ccc2nonc2c1. The molecule has 1 N–H and O–H groups in total. The molecule has 8 heteroatoms. The smallest absolute Gasteiger partial charge is 0.303 e. The minimum atomic E-state index is -1.02. The fraction of sp³-hybridized carbons (Fsp3) is 0.160. The predicted molar refractivity (Wildman–Crippen MR) is 121 cm³/mol. The topological polar surface area (TPSA) is 109 Å². The van der Waals surface area contributed by atoms with Gasteiger partial charge >= 0.3 is 5.97 Å². The molecule has 2 heterocycles. The van der Waals surface area contributed by atoms with Crippen LogP contribution in [0.4, 0.5) is 0 Å². The number of carboxylic acid groups (broad SMARTS) is 1. The second kappa shape index (κ2) is 8.66. The zero-order valence-corrected chi connectivity index (χ0v) is 17.6. The van der Waals surface area contributed by atoms with E-state index in [9.17, 15) is 9.59 Å². The highest BCUT2D eigenvalue weighted by Gasteiger charge is 2.33. The van der Waals surface area contributed by atoms with Crippen LogP contribution in [0.2, 0.25) is 0 Å². The Balaban J connectivity index is 1.45. The highest BCUT2D eigenvalue weighted by atomic mass is 16.6. The summed E-state index contributed by atoms with van der Waals surface area (Å²) in [5.74, 6) is -1.36. The molecule has 1 aliphatic heterocycles. The van der Waals surface area contributed by atoms with Gasteiger partial charge in [0, 0.05) is 12.8 Å². The summed E-state index contributed by atoms with van der Waals surface area (Å²) < 4.78 is 4.79. The lowest BCUT2D eigenvalue weighted by Gasteiger charge is -2.21. The molecule has 0 saturated carbocycles. The third-order valence-electron chi connectivity index (χ3n) is 5.71. The first-order chi connectivity index (χ1) is 16.1. The van der Waals surface area contributed by atoms with E-state index in [0.717, 1.165) is 28.0 Å². The second-order valence-electron chi connectivity index (χ2n) is 7.85. The second-order valence-corrected chi connectivity index (χ2v) is 7.85.